The third-order valence-corrected chi connectivity index (χ3v) is 3.46. The van der Waals surface area contributed by atoms with Crippen molar-refractivity contribution in [3.63, 3.8) is 0 Å². The number of H-pyrrole nitrogens is 1. The molecule has 1 aromatic rings. The van der Waals surface area contributed by atoms with Gasteiger partial charge in [-0.1, -0.05) is 13.8 Å². The molecule has 1 aromatic heterocycles. The molecule has 0 saturated heterocycles. The number of rotatable bonds is 6. The van der Waals surface area contributed by atoms with Gasteiger partial charge >= 0.3 is 5.97 Å². The quantitative estimate of drug-likeness (QED) is 0.676. The number of sulfonamides is 1. The van der Waals surface area contributed by atoms with E-state index in [4.69, 9.17) is 5.11 Å². The van der Waals surface area contributed by atoms with Crippen molar-refractivity contribution in [3.05, 3.63) is 12.5 Å². The lowest BCUT2D eigenvalue weighted by Crippen LogP contribution is -2.41. The van der Waals surface area contributed by atoms with Crippen molar-refractivity contribution in [2.45, 2.75) is 31.3 Å². The SMILES string of the molecule is CC(C)C[C@H](NS(=O)(=O)c1cnc[nH]1)C(=O)O. The first-order valence-corrected chi connectivity index (χ1v) is 6.54. The molecular weight excluding hydrogens is 246 g/mol. The fourth-order valence-electron chi connectivity index (χ4n) is 1.31. The molecule has 0 bridgehead atoms. The molecule has 7 nitrogen and oxygen atoms in total. The molecule has 0 spiro atoms. The highest BCUT2D eigenvalue weighted by molar-refractivity contribution is 7.89. The molecule has 17 heavy (non-hydrogen) atoms. The molecule has 0 saturated carbocycles. The molecule has 96 valence electrons. The maximum atomic E-state index is 11.7. The van der Waals surface area contributed by atoms with Gasteiger partial charge in [0, 0.05) is 0 Å². The zero-order valence-electron chi connectivity index (χ0n) is 9.54. The van der Waals surface area contributed by atoms with Crippen LogP contribution in [0.15, 0.2) is 17.6 Å². The highest BCUT2D eigenvalue weighted by atomic mass is 32.2. The summed E-state index contributed by atoms with van der Waals surface area (Å²) in [5.41, 5.74) is 0. The zero-order valence-corrected chi connectivity index (χ0v) is 10.4. The van der Waals surface area contributed by atoms with Crippen LogP contribution in [0.5, 0.6) is 0 Å². The van der Waals surface area contributed by atoms with Crippen molar-refractivity contribution < 1.29 is 18.3 Å². The molecule has 1 rings (SSSR count). The van der Waals surface area contributed by atoms with E-state index in [9.17, 15) is 13.2 Å². The number of hydrogen-bond acceptors (Lipinski definition) is 4. The van der Waals surface area contributed by atoms with Gasteiger partial charge in [0.05, 0.1) is 12.5 Å². The summed E-state index contributed by atoms with van der Waals surface area (Å²) in [7, 11) is -3.86. The fourth-order valence-corrected chi connectivity index (χ4v) is 2.42. The van der Waals surface area contributed by atoms with Crippen LogP contribution in [0.25, 0.3) is 0 Å². The number of aliphatic carboxylic acids is 1. The van der Waals surface area contributed by atoms with E-state index in [0.29, 0.717) is 0 Å². The first kappa shape index (κ1) is 13.7. The smallest absolute Gasteiger partial charge is 0.321 e. The average Bonchev–Trinajstić information content (AvgIpc) is 2.68. The molecule has 0 radical (unpaired) electrons. The highest BCUT2D eigenvalue weighted by Gasteiger charge is 2.26. The van der Waals surface area contributed by atoms with Crippen LogP contribution < -0.4 is 4.72 Å². The first-order valence-electron chi connectivity index (χ1n) is 5.06. The van der Waals surface area contributed by atoms with Crippen LogP contribution in [-0.2, 0) is 14.8 Å². The maximum Gasteiger partial charge on any atom is 0.321 e. The fraction of sp³-hybridized carbons (Fsp3) is 0.556. The Kier molecular flexibility index (Phi) is 4.24. The van der Waals surface area contributed by atoms with Crippen LogP contribution in [0.2, 0.25) is 0 Å². The Morgan fingerprint density at radius 2 is 2.24 bits per heavy atom. The van der Waals surface area contributed by atoms with Crippen molar-refractivity contribution in [3.8, 4) is 0 Å². The summed E-state index contributed by atoms with van der Waals surface area (Å²) >= 11 is 0. The molecular formula is C9H15N3O4S. The topological polar surface area (TPSA) is 112 Å². The summed E-state index contributed by atoms with van der Waals surface area (Å²) in [5.74, 6) is -1.12. The van der Waals surface area contributed by atoms with E-state index in [1.807, 2.05) is 13.8 Å². The van der Waals surface area contributed by atoms with Gasteiger partial charge in [-0.25, -0.2) is 13.4 Å². The van der Waals surface area contributed by atoms with E-state index >= 15 is 0 Å². The third kappa shape index (κ3) is 3.82. The number of nitrogens with zero attached hydrogens (tertiary/aromatic N) is 1. The monoisotopic (exact) mass is 261 g/mol. The predicted molar refractivity (Wildman–Crippen MR) is 59.8 cm³/mol. The second-order valence-corrected chi connectivity index (χ2v) is 5.74. The van der Waals surface area contributed by atoms with Gasteiger partial charge < -0.3 is 10.1 Å². The van der Waals surface area contributed by atoms with E-state index in [1.165, 1.54) is 6.33 Å². The van der Waals surface area contributed by atoms with Crippen LogP contribution in [0.3, 0.4) is 0 Å². The minimum Gasteiger partial charge on any atom is -0.480 e. The minimum atomic E-state index is -3.86. The van der Waals surface area contributed by atoms with Crippen molar-refractivity contribution in [2.75, 3.05) is 0 Å². The predicted octanol–water partition coefficient (Wildman–Crippen LogP) is 0.187. The number of imidazole rings is 1. The molecule has 0 aliphatic rings. The second-order valence-electron chi connectivity index (χ2n) is 4.06. The third-order valence-electron chi connectivity index (χ3n) is 2.07. The molecule has 0 amide bonds. The lowest BCUT2D eigenvalue weighted by molar-refractivity contribution is -0.139. The van der Waals surface area contributed by atoms with Gasteiger partial charge in [-0.3, -0.25) is 4.79 Å². The van der Waals surface area contributed by atoms with E-state index in [-0.39, 0.29) is 17.4 Å². The van der Waals surface area contributed by atoms with Crippen LogP contribution in [-0.4, -0.2) is 35.5 Å². The number of hydrogen-bond donors (Lipinski definition) is 3. The number of aromatic nitrogens is 2. The summed E-state index contributed by atoms with van der Waals surface area (Å²) in [6, 6.07) is -1.14. The Hall–Kier alpha value is -1.41. The summed E-state index contributed by atoms with van der Waals surface area (Å²) in [5, 5.41) is 8.78. The lowest BCUT2D eigenvalue weighted by atomic mass is 10.1. The molecule has 0 fully saturated rings. The number of carboxylic acid groups (broad SMARTS) is 1. The minimum absolute atomic E-state index is 0.0700. The lowest BCUT2D eigenvalue weighted by Gasteiger charge is -2.15. The molecule has 8 heteroatoms. The van der Waals surface area contributed by atoms with Crippen molar-refractivity contribution in [2.24, 2.45) is 5.92 Å². The molecule has 0 aliphatic carbocycles. The zero-order chi connectivity index (χ0) is 13.1. The van der Waals surface area contributed by atoms with Gasteiger partial charge in [0.2, 0.25) is 0 Å². The Balaban J connectivity index is 2.84. The standard InChI is InChI=1S/C9H15N3O4S/c1-6(2)3-7(9(13)14)12-17(15,16)8-4-10-5-11-8/h4-7,12H,3H2,1-2H3,(H,10,11)(H,13,14)/t7-/m0/s1. The molecule has 0 aromatic carbocycles. The molecule has 3 N–H and O–H groups in total. The first-order chi connectivity index (χ1) is 7.83. The Bertz CT molecular complexity index is 466. The van der Waals surface area contributed by atoms with Gasteiger partial charge in [0.25, 0.3) is 10.0 Å². The largest absolute Gasteiger partial charge is 0.480 e. The van der Waals surface area contributed by atoms with E-state index in [2.05, 4.69) is 14.7 Å². The number of nitrogens with one attached hydrogen (secondary N) is 2. The normalized spacial score (nSPS) is 13.8. The van der Waals surface area contributed by atoms with Crippen molar-refractivity contribution in [1.82, 2.24) is 14.7 Å². The molecule has 1 heterocycles. The number of carbonyl (C=O) groups is 1. The van der Waals surface area contributed by atoms with E-state index in [0.717, 1.165) is 6.20 Å². The van der Waals surface area contributed by atoms with Gasteiger partial charge in [0.1, 0.15) is 6.04 Å². The number of carboxylic acids is 1. The van der Waals surface area contributed by atoms with Crippen molar-refractivity contribution in [1.29, 1.82) is 0 Å². The Labute approximate surface area is 99.3 Å². The van der Waals surface area contributed by atoms with Crippen molar-refractivity contribution >= 4 is 16.0 Å². The van der Waals surface area contributed by atoms with Gasteiger partial charge in [0.15, 0.2) is 5.03 Å². The van der Waals surface area contributed by atoms with Gasteiger partial charge in [-0.05, 0) is 12.3 Å². The highest BCUT2D eigenvalue weighted by Crippen LogP contribution is 2.09. The summed E-state index contributed by atoms with van der Waals surface area (Å²) in [4.78, 5) is 16.9. The second kappa shape index (κ2) is 5.28. The maximum absolute atomic E-state index is 11.7. The average molecular weight is 261 g/mol. The van der Waals surface area contributed by atoms with Crippen LogP contribution in [0.4, 0.5) is 0 Å². The van der Waals surface area contributed by atoms with Crippen LogP contribution in [0.1, 0.15) is 20.3 Å². The Morgan fingerprint density at radius 3 is 2.65 bits per heavy atom. The number of aromatic amines is 1. The molecule has 1 atom stereocenters. The summed E-state index contributed by atoms with van der Waals surface area (Å²) < 4.78 is 25.6. The van der Waals surface area contributed by atoms with Crippen LogP contribution >= 0.6 is 0 Å². The Morgan fingerprint density at radius 1 is 1.59 bits per heavy atom. The molecule has 0 aliphatic heterocycles. The summed E-state index contributed by atoms with van der Waals surface area (Å²) in [6.45, 7) is 3.64. The van der Waals surface area contributed by atoms with Gasteiger partial charge in [-0.15, -0.1) is 0 Å². The van der Waals surface area contributed by atoms with E-state index in [1.54, 1.807) is 0 Å². The van der Waals surface area contributed by atoms with E-state index < -0.39 is 22.0 Å². The molecule has 0 unspecified atom stereocenters. The van der Waals surface area contributed by atoms with Crippen LogP contribution in [0, 0.1) is 5.92 Å². The summed E-state index contributed by atoms with van der Waals surface area (Å²) in [6.07, 6.45) is 2.56. The van der Waals surface area contributed by atoms with Gasteiger partial charge in [-0.2, -0.15) is 4.72 Å².